The molecule has 0 aromatic heterocycles. The Labute approximate surface area is 405 Å². The molecule has 3 unspecified atom stereocenters. The molecule has 5 nitrogen and oxygen atoms in total. The average molecular weight is 932 g/mol. The Morgan fingerprint density at radius 3 is 1.66 bits per heavy atom. The molecular formula is C59H111O5P. The highest BCUT2D eigenvalue weighted by molar-refractivity contribution is 7.47. The smallest absolute Gasteiger partial charge is 0.393 e. The molecule has 65 heavy (non-hydrogen) atoms. The number of unbranched alkanes of at least 4 members (excludes halogenated alkanes) is 25. The van der Waals surface area contributed by atoms with E-state index >= 15 is 0 Å². The van der Waals surface area contributed by atoms with Crippen LogP contribution in [0.3, 0.4) is 0 Å². The van der Waals surface area contributed by atoms with Crippen molar-refractivity contribution < 1.29 is 23.6 Å². The van der Waals surface area contributed by atoms with E-state index in [0.29, 0.717) is 23.7 Å². The minimum Gasteiger partial charge on any atom is -0.393 e. The first-order chi connectivity index (χ1) is 31.4. The third-order valence-electron chi connectivity index (χ3n) is 18.6. The van der Waals surface area contributed by atoms with E-state index in [-0.39, 0.29) is 17.9 Å². The number of phosphoric acid groups is 1. The van der Waals surface area contributed by atoms with E-state index < -0.39 is 20.0 Å². The summed E-state index contributed by atoms with van der Waals surface area (Å²) >= 11 is 0. The Kier molecular flexibility index (Phi) is 27.6. The number of rotatable bonds is 38. The molecule has 0 amide bonds. The van der Waals surface area contributed by atoms with Gasteiger partial charge in [-0.25, -0.2) is 4.57 Å². The van der Waals surface area contributed by atoms with Crippen molar-refractivity contribution >= 4 is 7.82 Å². The fraction of sp³-hybridized carbons (Fsp3) is 0.966. The second kappa shape index (κ2) is 31.2. The van der Waals surface area contributed by atoms with Crippen LogP contribution >= 0.6 is 7.82 Å². The summed E-state index contributed by atoms with van der Waals surface area (Å²) in [7, 11) is -4.29. The maximum absolute atomic E-state index is 14.0. The first-order valence-corrected chi connectivity index (χ1v) is 30.9. The van der Waals surface area contributed by atoms with Gasteiger partial charge in [-0.15, -0.1) is 0 Å². The summed E-state index contributed by atoms with van der Waals surface area (Å²) in [5, 5.41) is 11.5. The predicted octanol–water partition coefficient (Wildman–Crippen LogP) is 19.1. The third kappa shape index (κ3) is 18.8. The molecule has 4 rings (SSSR count). The number of hydrogen-bond acceptors (Lipinski definition) is 4. The highest BCUT2D eigenvalue weighted by Gasteiger charge is 2.62. The minimum absolute atomic E-state index is 0.00396. The van der Waals surface area contributed by atoms with E-state index in [9.17, 15) is 14.6 Å². The normalized spacial score (nSPS) is 29.5. The molecule has 6 heteroatoms. The molecule has 0 bridgehead atoms. The van der Waals surface area contributed by atoms with Gasteiger partial charge in [-0.2, -0.15) is 0 Å². The van der Waals surface area contributed by atoms with Crippen LogP contribution in [0.1, 0.15) is 292 Å². The summed E-state index contributed by atoms with van der Waals surface area (Å²) in [4.78, 5) is 11.5. The first kappa shape index (κ1) is 57.4. The van der Waals surface area contributed by atoms with Gasteiger partial charge in [0.25, 0.3) is 0 Å². The van der Waals surface area contributed by atoms with Crippen LogP contribution in [0.4, 0.5) is 0 Å². The summed E-state index contributed by atoms with van der Waals surface area (Å²) in [6.07, 6.45) is 49.1. The van der Waals surface area contributed by atoms with Gasteiger partial charge in [-0.05, 0) is 110 Å². The van der Waals surface area contributed by atoms with Crippen LogP contribution in [0.15, 0.2) is 11.6 Å². The van der Waals surface area contributed by atoms with Gasteiger partial charge >= 0.3 is 7.82 Å². The van der Waals surface area contributed by atoms with Crippen molar-refractivity contribution in [3.05, 3.63) is 11.6 Å². The van der Waals surface area contributed by atoms with Crippen molar-refractivity contribution in [3.8, 4) is 0 Å². The molecule has 0 aromatic carbocycles. The topological polar surface area (TPSA) is 76.0 Å². The molecule has 0 heterocycles. The Morgan fingerprint density at radius 2 is 1.14 bits per heavy atom. The lowest BCUT2D eigenvalue weighted by Crippen LogP contribution is -2.56. The van der Waals surface area contributed by atoms with E-state index in [2.05, 4.69) is 54.5 Å². The summed E-state index contributed by atoms with van der Waals surface area (Å²) in [5.74, 6) is 4.29. The van der Waals surface area contributed by atoms with Gasteiger partial charge in [0, 0.05) is 0 Å². The van der Waals surface area contributed by atoms with Gasteiger partial charge in [0.1, 0.15) is 0 Å². The van der Waals surface area contributed by atoms with Crippen LogP contribution in [-0.2, 0) is 13.6 Å². The first-order valence-electron chi connectivity index (χ1n) is 29.4. The summed E-state index contributed by atoms with van der Waals surface area (Å²) in [5.41, 5.74) is 1.68. The summed E-state index contributed by atoms with van der Waals surface area (Å²) < 4.78 is 26.3. The SMILES string of the molecule is CCCCCCCCCCCCCCCCOP(=O)(O)OC(CCCCCCCCCCCCCCC)C1C[C@H](O)CC2=CC[C@H]3[C@@H]4CC[C@H]([C@H](C)CCCC(C)C)[C@@]4(C)CC[C@@H]3[C@@]21C. The second-order valence-corrected chi connectivity index (χ2v) is 25.3. The summed E-state index contributed by atoms with van der Waals surface area (Å²) in [6, 6.07) is 0. The number of hydrogen-bond donors (Lipinski definition) is 2. The molecule has 0 aromatic rings. The van der Waals surface area contributed by atoms with Gasteiger partial charge in [0.2, 0.25) is 0 Å². The van der Waals surface area contributed by atoms with Crippen LogP contribution in [0.2, 0.25) is 0 Å². The quantitative estimate of drug-likeness (QED) is 0.0366. The molecule has 0 radical (unpaired) electrons. The van der Waals surface area contributed by atoms with E-state index in [1.54, 1.807) is 0 Å². The Balaban J connectivity index is 1.34. The van der Waals surface area contributed by atoms with Gasteiger partial charge in [-0.3, -0.25) is 9.05 Å². The van der Waals surface area contributed by atoms with E-state index in [1.807, 2.05) is 0 Å². The zero-order valence-corrected chi connectivity index (χ0v) is 45.3. The van der Waals surface area contributed by atoms with E-state index in [0.717, 1.165) is 75.0 Å². The third-order valence-corrected chi connectivity index (χ3v) is 19.6. The largest absolute Gasteiger partial charge is 0.472 e. The van der Waals surface area contributed by atoms with Crippen molar-refractivity contribution in [3.63, 3.8) is 0 Å². The molecule has 4 aliphatic carbocycles. The fourth-order valence-corrected chi connectivity index (χ4v) is 15.7. The molecule has 4 aliphatic rings. The molecule has 382 valence electrons. The van der Waals surface area contributed by atoms with Gasteiger partial charge in [0.05, 0.1) is 18.8 Å². The minimum atomic E-state index is -4.29. The van der Waals surface area contributed by atoms with E-state index in [4.69, 9.17) is 9.05 Å². The van der Waals surface area contributed by atoms with Crippen LogP contribution < -0.4 is 0 Å². The molecule has 3 fully saturated rings. The number of aliphatic hydroxyl groups excluding tert-OH is 1. The average Bonchev–Trinajstić information content (AvgIpc) is 3.63. The van der Waals surface area contributed by atoms with Crippen molar-refractivity contribution in [2.45, 2.75) is 305 Å². The number of allylic oxidation sites excluding steroid dienone is 1. The maximum atomic E-state index is 14.0. The van der Waals surface area contributed by atoms with Crippen molar-refractivity contribution in [2.75, 3.05) is 6.61 Å². The molecule has 2 N–H and O–H groups in total. The molecule has 11 atom stereocenters. The molecule has 0 aliphatic heterocycles. The number of aliphatic hydroxyl groups is 1. The fourth-order valence-electron chi connectivity index (χ4n) is 14.7. The zero-order chi connectivity index (χ0) is 47.0. The van der Waals surface area contributed by atoms with Crippen molar-refractivity contribution in [1.82, 2.24) is 0 Å². The second-order valence-electron chi connectivity index (χ2n) is 23.9. The van der Waals surface area contributed by atoms with Crippen LogP contribution in [0.5, 0.6) is 0 Å². The highest BCUT2D eigenvalue weighted by atomic mass is 31.2. The number of phosphoric ester groups is 1. The van der Waals surface area contributed by atoms with Crippen LogP contribution in [0, 0.1) is 52.3 Å². The van der Waals surface area contributed by atoms with Crippen LogP contribution in [-0.4, -0.2) is 28.8 Å². The van der Waals surface area contributed by atoms with Crippen molar-refractivity contribution in [1.29, 1.82) is 0 Å². The molecule has 0 spiro atoms. The molecular weight excluding hydrogens is 820 g/mol. The standard InChI is InChI=1S/C59H111O5P/c1-8-10-12-14-16-18-20-22-24-26-28-30-32-34-45-63-65(61,62)64-57(38-33-31-29-27-25-23-21-19-17-15-13-11-9-2)56-47-51(60)46-50-39-40-52-54-42-41-53(49(5)37-35-36-48(3)4)58(54,6)44-43-55(52)59(50,56)7/h39,48-49,51-57,60H,8-38,40-47H2,1-7H3,(H,61,62)/t49-,51-,52+,53-,54+,55+,56?,57?,58-,59-/m1/s1. The van der Waals surface area contributed by atoms with Crippen molar-refractivity contribution in [2.24, 2.45) is 52.3 Å². The summed E-state index contributed by atoms with van der Waals surface area (Å²) in [6.45, 7) is 17.3. The Bertz CT molecular complexity index is 1320. The van der Waals surface area contributed by atoms with E-state index in [1.165, 1.54) is 192 Å². The van der Waals surface area contributed by atoms with Gasteiger partial charge in [0.15, 0.2) is 0 Å². The van der Waals surface area contributed by atoms with Crippen LogP contribution in [0.25, 0.3) is 0 Å². The predicted molar refractivity (Wildman–Crippen MR) is 279 cm³/mol. The van der Waals surface area contributed by atoms with Gasteiger partial charge < -0.3 is 10.00 Å². The monoisotopic (exact) mass is 931 g/mol. The lowest BCUT2D eigenvalue weighted by atomic mass is 9.44. The highest BCUT2D eigenvalue weighted by Crippen LogP contribution is 2.69. The molecule has 3 saturated carbocycles. The Morgan fingerprint density at radius 1 is 0.631 bits per heavy atom. The lowest BCUT2D eigenvalue weighted by molar-refractivity contribution is -0.106. The number of fused-ring (bicyclic) bond motifs is 5. The lowest BCUT2D eigenvalue weighted by Gasteiger charge is -2.61. The Hall–Kier alpha value is -0.190. The zero-order valence-electron chi connectivity index (χ0n) is 44.4. The maximum Gasteiger partial charge on any atom is 0.472 e. The molecule has 0 saturated heterocycles. The van der Waals surface area contributed by atoms with Gasteiger partial charge in [-0.1, -0.05) is 246 Å².